The third-order valence-electron chi connectivity index (χ3n) is 1.72. The Hall–Kier alpha value is -0.910. The van der Waals surface area contributed by atoms with Gasteiger partial charge in [-0.3, -0.25) is 4.79 Å². The van der Waals surface area contributed by atoms with Crippen molar-refractivity contribution in [1.29, 1.82) is 0 Å². The average Bonchev–Trinajstić information content (AvgIpc) is 2.24. The van der Waals surface area contributed by atoms with Gasteiger partial charge in [0.05, 0.1) is 15.5 Å². The van der Waals surface area contributed by atoms with Crippen molar-refractivity contribution in [2.75, 3.05) is 0 Å². The van der Waals surface area contributed by atoms with E-state index in [1.54, 1.807) is 6.07 Å². The standard InChI is InChI=1S/C7H5ClN2O2S/c8-4-2-1-3-5-6(4)7(11)10-13(5,9)12/h1-3H,(H2,9,10,11,12). The molecule has 0 spiro atoms. The summed E-state index contributed by atoms with van der Waals surface area (Å²) in [4.78, 5) is 11.4. The van der Waals surface area contributed by atoms with E-state index in [0.29, 0.717) is 0 Å². The van der Waals surface area contributed by atoms with Gasteiger partial charge in [0.25, 0.3) is 5.91 Å². The van der Waals surface area contributed by atoms with E-state index in [-0.39, 0.29) is 15.5 Å². The van der Waals surface area contributed by atoms with Crippen molar-refractivity contribution in [3.05, 3.63) is 28.8 Å². The molecule has 0 bridgehead atoms. The largest absolute Gasteiger partial charge is 0.289 e. The maximum absolute atomic E-state index is 11.5. The molecule has 6 heteroatoms. The molecule has 13 heavy (non-hydrogen) atoms. The summed E-state index contributed by atoms with van der Waals surface area (Å²) < 4.78 is 14.8. The SMILES string of the molecule is NS1(=O)=NC(=O)c2c(Cl)cccc21. The molecule has 0 radical (unpaired) electrons. The molecular weight excluding hydrogens is 212 g/mol. The smallest absolute Gasteiger partial charge is 0.266 e. The molecule has 1 unspecified atom stereocenters. The first-order valence-electron chi connectivity index (χ1n) is 3.40. The van der Waals surface area contributed by atoms with Gasteiger partial charge in [0, 0.05) is 0 Å². The first kappa shape index (κ1) is 8.68. The number of fused-ring (bicyclic) bond motifs is 1. The van der Waals surface area contributed by atoms with E-state index in [1.807, 2.05) is 0 Å². The molecule has 1 heterocycles. The molecular formula is C7H5ClN2O2S. The number of nitrogens with zero attached hydrogens (tertiary/aromatic N) is 1. The highest BCUT2D eigenvalue weighted by Crippen LogP contribution is 2.29. The van der Waals surface area contributed by atoms with Crippen molar-refractivity contribution in [3.8, 4) is 0 Å². The monoisotopic (exact) mass is 216 g/mol. The van der Waals surface area contributed by atoms with Crippen LogP contribution < -0.4 is 5.14 Å². The van der Waals surface area contributed by atoms with Gasteiger partial charge in [0.2, 0.25) is 0 Å². The Morgan fingerprint density at radius 1 is 1.46 bits per heavy atom. The molecule has 2 N–H and O–H groups in total. The minimum atomic E-state index is -3.04. The van der Waals surface area contributed by atoms with Crippen LogP contribution in [-0.4, -0.2) is 10.1 Å². The van der Waals surface area contributed by atoms with E-state index in [2.05, 4.69) is 4.36 Å². The Morgan fingerprint density at radius 3 is 2.77 bits per heavy atom. The van der Waals surface area contributed by atoms with Gasteiger partial charge in [-0.2, -0.15) is 0 Å². The fourth-order valence-electron chi connectivity index (χ4n) is 1.17. The number of hydrogen-bond donors (Lipinski definition) is 1. The van der Waals surface area contributed by atoms with Gasteiger partial charge in [-0.1, -0.05) is 17.7 Å². The molecule has 0 saturated carbocycles. The molecule has 4 nitrogen and oxygen atoms in total. The molecule has 68 valence electrons. The van der Waals surface area contributed by atoms with E-state index >= 15 is 0 Å². The third-order valence-corrected chi connectivity index (χ3v) is 3.45. The number of benzene rings is 1. The fraction of sp³-hybridized carbons (Fsp3) is 0. The zero-order valence-corrected chi connectivity index (χ0v) is 7.93. The number of carbonyl (C=O) groups is 1. The number of hydrogen-bond acceptors (Lipinski definition) is 2. The lowest BCUT2D eigenvalue weighted by Gasteiger charge is -1.99. The van der Waals surface area contributed by atoms with Gasteiger partial charge in [-0.05, 0) is 12.1 Å². The van der Waals surface area contributed by atoms with Crippen LogP contribution in [0.25, 0.3) is 0 Å². The summed E-state index contributed by atoms with van der Waals surface area (Å²) in [7, 11) is -3.04. The minimum absolute atomic E-state index is 0.164. The van der Waals surface area contributed by atoms with E-state index in [4.69, 9.17) is 16.7 Å². The Labute approximate surface area is 80.0 Å². The number of nitrogens with two attached hydrogens (primary N) is 1. The number of rotatable bonds is 0. The molecule has 1 aromatic carbocycles. The summed E-state index contributed by atoms with van der Waals surface area (Å²) in [6.45, 7) is 0. The summed E-state index contributed by atoms with van der Waals surface area (Å²) in [6.07, 6.45) is 0. The lowest BCUT2D eigenvalue weighted by molar-refractivity contribution is 0.101. The summed E-state index contributed by atoms with van der Waals surface area (Å²) in [6, 6.07) is 4.62. The van der Waals surface area contributed by atoms with Crippen molar-refractivity contribution < 1.29 is 9.00 Å². The van der Waals surface area contributed by atoms with Crippen LogP contribution in [0.1, 0.15) is 10.4 Å². The van der Waals surface area contributed by atoms with Crippen molar-refractivity contribution in [1.82, 2.24) is 0 Å². The Bertz CT molecular complexity index is 517. The van der Waals surface area contributed by atoms with E-state index in [1.165, 1.54) is 12.1 Å². The fourth-order valence-corrected chi connectivity index (χ4v) is 2.68. The summed E-state index contributed by atoms with van der Waals surface area (Å²) in [5.74, 6) is -0.604. The molecule has 0 saturated heterocycles. The first-order chi connectivity index (χ1) is 6.02. The molecule has 0 aliphatic carbocycles. The topological polar surface area (TPSA) is 72.5 Å². The highest BCUT2D eigenvalue weighted by molar-refractivity contribution is 7.92. The van der Waals surface area contributed by atoms with Gasteiger partial charge in [-0.25, -0.2) is 9.35 Å². The third kappa shape index (κ3) is 1.16. The lowest BCUT2D eigenvalue weighted by Crippen LogP contribution is -2.09. The second-order valence-electron chi connectivity index (χ2n) is 2.58. The average molecular weight is 217 g/mol. The van der Waals surface area contributed by atoms with Crippen LogP contribution in [0.3, 0.4) is 0 Å². The quantitative estimate of drug-likeness (QED) is 0.708. The number of carbonyl (C=O) groups excluding carboxylic acids is 1. The van der Waals surface area contributed by atoms with Crippen LogP contribution in [0.2, 0.25) is 5.02 Å². The van der Waals surface area contributed by atoms with Crippen LogP contribution in [0.5, 0.6) is 0 Å². The van der Waals surface area contributed by atoms with Gasteiger partial charge in [0.15, 0.2) is 0 Å². The zero-order valence-electron chi connectivity index (χ0n) is 6.36. The van der Waals surface area contributed by atoms with Crippen molar-refractivity contribution in [3.63, 3.8) is 0 Å². The van der Waals surface area contributed by atoms with Crippen molar-refractivity contribution >= 4 is 27.4 Å². The highest BCUT2D eigenvalue weighted by atomic mass is 35.5. The molecule has 1 aliphatic heterocycles. The van der Waals surface area contributed by atoms with Gasteiger partial charge in [0.1, 0.15) is 9.92 Å². The molecule has 1 atom stereocenters. The number of halogens is 1. The molecule has 1 amide bonds. The maximum Gasteiger partial charge on any atom is 0.289 e. The molecule has 0 fully saturated rings. The minimum Gasteiger partial charge on any atom is -0.266 e. The normalized spacial score (nSPS) is 25.5. The van der Waals surface area contributed by atoms with Crippen molar-refractivity contribution in [2.45, 2.75) is 4.90 Å². The Kier molecular flexibility index (Phi) is 1.69. The molecule has 1 aromatic rings. The van der Waals surface area contributed by atoms with Crippen LogP contribution in [-0.2, 0) is 9.92 Å². The van der Waals surface area contributed by atoms with Crippen LogP contribution >= 0.6 is 11.6 Å². The predicted octanol–water partition coefficient (Wildman–Crippen LogP) is 1.19. The Balaban J connectivity index is 2.90. The van der Waals surface area contributed by atoms with Crippen LogP contribution in [0, 0.1) is 0 Å². The van der Waals surface area contributed by atoms with Crippen molar-refractivity contribution in [2.24, 2.45) is 9.50 Å². The van der Waals surface area contributed by atoms with Gasteiger partial charge < -0.3 is 0 Å². The second-order valence-corrected chi connectivity index (χ2v) is 4.74. The zero-order chi connectivity index (χ0) is 9.64. The van der Waals surface area contributed by atoms with Crippen LogP contribution in [0.15, 0.2) is 27.5 Å². The maximum atomic E-state index is 11.5. The summed E-state index contributed by atoms with van der Waals surface area (Å²) in [5, 5.41) is 5.57. The summed E-state index contributed by atoms with van der Waals surface area (Å²) in [5.41, 5.74) is 0.164. The highest BCUT2D eigenvalue weighted by Gasteiger charge is 2.28. The molecule has 2 rings (SSSR count). The molecule has 1 aliphatic rings. The Morgan fingerprint density at radius 2 is 2.15 bits per heavy atom. The lowest BCUT2D eigenvalue weighted by atomic mass is 10.2. The first-order valence-corrected chi connectivity index (χ1v) is 5.36. The summed E-state index contributed by atoms with van der Waals surface area (Å²) >= 11 is 5.73. The molecule has 0 aromatic heterocycles. The predicted molar refractivity (Wildman–Crippen MR) is 48.8 cm³/mol. The van der Waals surface area contributed by atoms with Gasteiger partial charge in [-0.15, -0.1) is 4.36 Å². The van der Waals surface area contributed by atoms with Crippen LogP contribution in [0.4, 0.5) is 0 Å². The van der Waals surface area contributed by atoms with E-state index in [9.17, 15) is 9.00 Å². The van der Waals surface area contributed by atoms with Gasteiger partial charge >= 0.3 is 0 Å². The van der Waals surface area contributed by atoms with E-state index < -0.39 is 15.8 Å². The number of amides is 1. The second kappa shape index (κ2) is 2.54. The van der Waals surface area contributed by atoms with E-state index in [0.717, 1.165) is 0 Å².